The van der Waals surface area contributed by atoms with E-state index < -0.39 is 6.10 Å². The molecule has 3 unspecified atom stereocenters. The van der Waals surface area contributed by atoms with Crippen molar-refractivity contribution in [1.82, 2.24) is 4.90 Å². The van der Waals surface area contributed by atoms with Gasteiger partial charge in [0.15, 0.2) is 0 Å². The second-order valence-corrected chi connectivity index (χ2v) is 6.18. The van der Waals surface area contributed by atoms with Gasteiger partial charge in [-0.3, -0.25) is 4.90 Å². The van der Waals surface area contributed by atoms with Crippen molar-refractivity contribution in [2.24, 2.45) is 0 Å². The standard InChI is InChI=1S/C17H25NO2/c1-13-6-8-14(9-7-13)16(19)12-18-10-11-20-17-5-3-2-4-15(17)18/h6-9,15-17,19H,2-5,10-12H2,1H3. The number of ether oxygens (including phenoxy) is 1. The highest BCUT2D eigenvalue weighted by atomic mass is 16.5. The largest absolute Gasteiger partial charge is 0.387 e. The molecule has 1 aromatic carbocycles. The molecule has 110 valence electrons. The Morgan fingerprint density at radius 1 is 1.25 bits per heavy atom. The molecule has 1 saturated heterocycles. The van der Waals surface area contributed by atoms with Crippen molar-refractivity contribution in [3.63, 3.8) is 0 Å². The van der Waals surface area contributed by atoms with Crippen LogP contribution in [-0.4, -0.2) is 41.8 Å². The molecule has 1 heterocycles. The van der Waals surface area contributed by atoms with Crippen molar-refractivity contribution < 1.29 is 9.84 Å². The second-order valence-electron chi connectivity index (χ2n) is 6.18. The van der Waals surface area contributed by atoms with Crippen LogP contribution in [0.15, 0.2) is 24.3 Å². The molecule has 0 spiro atoms. The van der Waals surface area contributed by atoms with Crippen molar-refractivity contribution in [3.05, 3.63) is 35.4 Å². The maximum absolute atomic E-state index is 10.5. The summed E-state index contributed by atoms with van der Waals surface area (Å²) in [6.07, 6.45) is 4.98. The lowest BCUT2D eigenvalue weighted by Gasteiger charge is -2.44. The number of morpholine rings is 1. The molecule has 2 fully saturated rings. The summed E-state index contributed by atoms with van der Waals surface area (Å²) >= 11 is 0. The van der Waals surface area contributed by atoms with Gasteiger partial charge in [0, 0.05) is 19.1 Å². The molecule has 3 heteroatoms. The van der Waals surface area contributed by atoms with Gasteiger partial charge in [0.1, 0.15) is 0 Å². The number of rotatable bonds is 3. The fourth-order valence-corrected chi connectivity index (χ4v) is 3.52. The normalized spacial score (nSPS) is 28.9. The Morgan fingerprint density at radius 2 is 2.00 bits per heavy atom. The summed E-state index contributed by atoms with van der Waals surface area (Å²) in [4.78, 5) is 2.44. The quantitative estimate of drug-likeness (QED) is 0.920. The summed E-state index contributed by atoms with van der Waals surface area (Å²) in [6.45, 7) is 4.56. The highest BCUT2D eigenvalue weighted by Crippen LogP contribution is 2.29. The zero-order valence-electron chi connectivity index (χ0n) is 12.3. The van der Waals surface area contributed by atoms with Gasteiger partial charge in [-0.25, -0.2) is 0 Å². The van der Waals surface area contributed by atoms with Crippen molar-refractivity contribution in [2.75, 3.05) is 19.7 Å². The first-order valence-corrected chi connectivity index (χ1v) is 7.84. The molecule has 3 rings (SSSR count). The summed E-state index contributed by atoms with van der Waals surface area (Å²) in [7, 11) is 0. The van der Waals surface area contributed by atoms with Crippen LogP contribution in [0.25, 0.3) is 0 Å². The lowest BCUT2D eigenvalue weighted by molar-refractivity contribution is -0.0974. The van der Waals surface area contributed by atoms with Gasteiger partial charge in [-0.15, -0.1) is 0 Å². The lowest BCUT2D eigenvalue weighted by Crippen LogP contribution is -2.53. The van der Waals surface area contributed by atoms with Crippen molar-refractivity contribution in [1.29, 1.82) is 0 Å². The summed E-state index contributed by atoms with van der Waals surface area (Å²) in [6, 6.07) is 8.73. The number of benzene rings is 1. The molecule has 0 amide bonds. The Hall–Kier alpha value is -0.900. The summed E-state index contributed by atoms with van der Waals surface area (Å²) < 4.78 is 5.89. The number of hydrogen-bond acceptors (Lipinski definition) is 3. The highest BCUT2D eigenvalue weighted by molar-refractivity contribution is 5.23. The zero-order chi connectivity index (χ0) is 13.9. The monoisotopic (exact) mass is 275 g/mol. The Morgan fingerprint density at radius 3 is 2.80 bits per heavy atom. The first-order chi connectivity index (χ1) is 9.74. The van der Waals surface area contributed by atoms with E-state index >= 15 is 0 Å². The van der Waals surface area contributed by atoms with Gasteiger partial charge < -0.3 is 9.84 Å². The minimum absolute atomic E-state index is 0.391. The summed E-state index contributed by atoms with van der Waals surface area (Å²) in [5, 5.41) is 10.5. The van der Waals surface area contributed by atoms with Crippen LogP contribution in [0.3, 0.4) is 0 Å². The van der Waals surface area contributed by atoms with Gasteiger partial charge in [0.05, 0.1) is 18.8 Å². The van der Waals surface area contributed by atoms with Crippen LogP contribution in [0.5, 0.6) is 0 Å². The third-order valence-corrected chi connectivity index (χ3v) is 4.72. The molecule has 0 radical (unpaired) electrons. The maximum Gasteiger partial charge on any atom is 0.0917 e. The maximum atomic E-state index is 10.5. The summed E-state index contributed by atoms with van der Waals surface area (Å²) in [5.41, 5.74) is 2.26. The molecular formula is C17H25NO2. The van der Waals surface area contributed by atoms with E-state index in [-0.39, 0.29) is 0 Å². The second kappa shape index (κ2) is 6.25. The lowest BCUT2D eigenvalue weighted by atomic mass is 9.89. The van der Waals surface area contributed by atoms with Gasteiger partial charge in [0.25, 0.3) is 0 Å². The van der Waals surface area contributed by atoms with Crippen LogP contribution < -0.4 is 0 Å². The molecule has 3 atom stereocenters. The molecule has 1 aliphatic heterocycles. The van der Waals surface area contributed by atoms with Gasteiger partial charge in [-0.1, -0.05) is 42.7 Å². The number of fused-ring (bicyclic) bond motifs is 1. The third-order valence-electron chi connectivity index (χ3n) is 4.72. The van der Waals surface area contributed by atoms with Crippen LogP contribution in [-0.2, 0) is 4.74 Å². The predicted octanol–water partition coefficient (Wildman–Crippen LogP) is 2.67. The van der Waals surface area contributed by atoms with Gasteiger partial charge >= 0.3 is 0 Å². The summed E-state index contributed by atoms with van der Waals surface area (Å²) in [5.74, 6) is 0. The number of nitrogens with zero attached hydrogens (tertiary/aromatic N) is 1. The molecule has 1 aromatic rings. The number of aliphatic hydroxyl groups excluding tert-OH is 1. The van der Waals surface area contributed by atoms with Crippen LogP contribution in [0.1, 0.15) is 42.9 Å². The Kier molecular flexibility index (Phi) is 4.39. The Bertz CT molecular complexity index is 429. The van der Waals surface area contributed by atoms with E-state index in [0.29, 0.717) is 12.1 Å². The molecule has 3 nitrogen and oxygen atoms in total. The molecule has 1 N–H and O–H groups in total. The molecular weight excluding hydrogens is 250 g/mol. The number of hydrogen-bond donors (Lipinski definition) is 1. The average Bonchev–Trinajstić information content (AvgIpc) is 2.48. The highest BCUT2D eigenvalue weighted by Gasteiger charge is 2.34. The van der Waals surface area contributed by atoms with E-state index in [2.05, 4.69) is 24.0 Å². The van der Waals surface area contributed by atoms with E-state index in [4.69, 9.17) is 4.74 Å². The van der Waals surface area contributed by atoms with E-state index in [9.17, 15) is 5.11 Å². The fraction of sp³-hybridized carbons (Fsp3) is 0.647. The van der Waals surface area contributed by atoms with Crippen LogP contribution >= 0.6 is 0 Å². The Labute approximate surface area is 121 Å². The molecule has 2 aliphatic rings. The number of β-amino-alcohol motifs (C(OH)–C–C–N with tert-alkyl or cyclic N) is 1. The van der Waals surface area contributed by atoms with Crippen LogP contribution in [0, 0.1) is 6.92 Å². The molecule has 0 bridgehead atoms. The third kappa shape index (κ3) is 3.05. The van der Waals surface area contributed by atoms with Gasteiger partial charge in [-0.05, 0) is 25.3 Å². The van der Waals surface area contributed by atoms with Crippen LogP contribution in [0.2, 0.25) is 0 Å². The Balaban J connectivity index is 1.65. The van der Waals surface area contributed by atoms with Crippen molar-refractivity contribution >= 4 is 0 Å². The van der Waals surface area contributed by atoms with Crippen molar-refractivity contribution in [2.45, 2.75) is 50.9 Å². The van der Waals surface area contributed by atoms with Gasteiger partial charge in [-0.2, -0.15) is 0 Å². The van der Waals surface area contributed by atoms with Crippen LogP contribution in [0.4, 0.5) is 0 Å². The predicted molar refractivity (Wildman–Crippen MR) is 79.7 cm³/mol. The molecule has 0 aromatic heterocycles. The van der Waals surface area contributed by atoms with Crippen molar-refractivity contribution in [3.8, 4) is 0 Å². The SMILES string of the molecule is Cc1ccc(C(O)CN2CCOC3CCCCC32)cc1. The average molecular weight is 275 g/mol. The molecule has 20 heavy (non-hydrogen) atoms. The minimum Gasteiger partial charge on any atom is -0.387 e. The van der Waals surface area contributed by atoms with E-state index in [1.54, 1.807) is 0 Å². The topological polar surface area (TPSA) is 32.7 Å². The molecule has 1 aliphatic carbocycles. The molecule has 1 saturated carbocycles. The van der Waals surface area contributed by atoms with E-state index in [1.807, 2.05) is 12.1 Å². The minimum atomic E-state index is -0.392. The van der Waals surface area contributed by atoms with E-state index in [1.165, 1.54) is 31.2 Å². The smallest absolute Gasteiger partial charge is 0.0917 e. The first-order valence-electron chi connectivity index (χ1n) is 7.84. The number of aryl methyl sites for hydroxylation is 1. The number of aliphatic hydroxyl groups is 1. The fourth-order valence-electron chi connectivity index (χ4n) is 3.52. The first kappa shape index (κ1) is 14.1. The van der Waals surface area contributed by atoms with E-state index in [0.717, 1.165) is 25.3 Å². The zero-order valence-corrected chi connectivity index (χ0v) is 12.3. The van der Waals surface area contributed by atoms with Gasteiger partial charge in [0.2, 0.25) is 0 Å².